The van der Waals surface area contributed by atoms with E-state index < -0.39 is 32.0 Å². The fraction of sp³-hybridized carbons (Fsp3) is 0.300. The predicted octanol–water partition coefficient (Wildman–Crippen LogP) is 1.30. The second-order valence-corrected chi connectivity index (χ2v) is 9.82. The van der Waals surface area contributed by atoms with E-state index in [1.54, 1.807) is 13.8 Å². The van der Waals surface area contributed by atoms with Gasteiger partial charge in [-0.05, 0) is 62.4 Å². The van der Waals surface area contributed by atoms with Gasteiger partial charge in [-0.25, -0.2) is 35.9 Å². The van der Waals surface area contributed by atoms with Crippen molar-refractivity contribution in [2.45, 2.75) is 23.6 Å². The van der Waals surface area contributed by atoms with Crippen LogP contribution in [0, 0.1) is 0 Å². The molecule has 0 radical (unpaired) electrons. The van der Waals surface area contributed by atoms with Gasteiger partial charge in [0, 0.05) is 13.1 Å². The van der Waals surface area contributed by atoms with Crippen molar-refractivity contribution >= 4 is 32.0 Å². The van der Waals surface area contributed by atoms with E-state index in [9.17, 15) is 26.4 Å². The number of sulfonamides is 2. The van der Waals surface area contributed by atoms with Crippen molar-refractivity contribution in [3.8, 4) is 0 Å². The maximum atomic E-state index is 12.3. The lowest BCUT2D eigenvalue weighted by Crippen LogP contribution is -2.34. The molecule has 0 aliphatic rings. The lowest BCUT2D eigenvalue weighted by molar-refractivity contribution is 0.0516. The zero-order chi connectivity index (χ0) is 23.8. The SMILES string of the molecule is CCOC(=O)c1ccc(S(=O)(=O)NCCNS(=O)(=O)c2ccc(C(=O)OCC)cc2)cc1. The van der Waals surface area contributed by atoms with Crippen LogP contribution in [-0.2, 0) is 29.5 Å². The zero-order valence-electron chi connectivity index (χ0n) is 17.5. The molecule has 0 heterocycles. The third-order valence-corrected chi connectivity index (χ3v) is 7.01. The molecule has 32 heavy (non-hydrogen) atoms. The van der Waals surface area contributed by atoms with E-state index in [4.69, 9.17) is 9.47 Å². The number of nitrogens with one attached hydrogen (secondary N) is 2. The highest BCUT2D eigenvalue weighted by Crippen LogP contribution is 2.13. The molecule has 2 aromatic rings. The molecule has 10 nitrogen and oxygen atoms in total. The predicted molar refractivity (Wildman–Crippen MR) is 115 cm³/mol. The Bertz CT molecular complexity index is 1050. The molecule has 2 N–H and O–H groups in total. The average molecular weight is 485 g/mol. The van der Waals surface area contributed by atoms with Gasteiger partial charge in [-0.1, -0.05) is 0 Å². The molecule has 0 aliphatic heterocycles. The van der Waals surface area contributed by atoms with Crippen LogP contribution in [0.3, 0.4) is 0 Å². The van der Waals surface area contributed by atoms with Crippen molar-refractivity contribution in [2.24, 2.45) is 0 Å². The fourth-order valence-electron chi connectivity index (χ4n) is 2.51. The van der Waals surface area contributed by atoms with Gasteiger partial charge in [0.2, 0.25) is 20.0 Å². The summed E-state index contributed by atoms with van der Waals surface area (Å²) in [5.41, 5.74) is 0.431. The number of carbonyl (C=O) groups is 2. The van der Waals surface area contributed by atoms with E-state index in [0.29, 0.717) is 0 Å². The summed E-state index contributed by atoms with van der Waals surface area (Å²) < 4.78 is 63.6. The smallest absolute Gasteiger partial charge is 0.338 e. The summed E-state index contributed by atoms with van der Waals surface area (Å²) in [5.74, 6) is -1.12. The van der Waals surface area contributed by atoms with Crippen LogP contribution in [0.4, 0.5) is 0 Å². The first-order valence-corrected chi connectivity index (χ1v) is 12.6. The Morgan fingerprint density at radius 1 is 0.656 bits per heavy atom. The summed E-state index contributed by atoms with van der Waals surface area (Å²) in [5, 5.41) is 0. The minimum atomic E-state index is -3.91. The van der Waals surface area contributed by atoms with Gasteiger partial charge in [0.05, 0.1) is 34.1 Å². The minimum absolute atomic E-state index is 0.0806. The zero-order valence-corrected chi connectivity index (χ0v) is 19.2. The van der Waals surface area contributed by atoms with Crippen molar-refractivity contribution in [3.05, 3.63) is 59.7 Å². The summed E-state index contributed by atoms with van der Waals surface area (Å²) in [6, 6.07) is 10.3. The lowest BCUT2D eigenvalue weighted by Gasteiger charge is -2.10. The normalized spacial score (nSPS) is 11.7. The van der Waals surface area contributed by atoms with E-state index in [2.05, 4.69) is 9.44 Å². The van der Waals surface area contributed by atoms with E-state index in [0.717, 1.165) is 0 Å². The van der Waals surface area contributed by atoms with Crippen LogP contribution in [-0.4, -0.2) is 55.1 Å². The van der Waals surface area contributed by atoms with Crippen LogP contribution in [0.15, 0.2) is 58.3 Å². The highest BCUT2D eigenvalue weighted by Gasteiger charge is 2.17. The first-order valence-electron chi connectivity index (χ1n) is 9.64. The third kappa shape index (κ3) is 6.85. The van der Waals surface area contributed by atoms with E-state index in [-0.39, 0.29) is 47.2 Å². The Hall–Kier alpha value is -2.80. The maximum absolute atomic E-state index is 12.3. The molecule has 0 spiro atoms. The molecule has 0 saturated heterocycles. The molecule has 0 atom stereocenters. The van der Waals surface area contributed by atoms with Gasteiger partial charge in [0.1, 0.15) is 0 Å². The number of esters is 2. The topological polar surface area (TPSA) is 145 Å². The minimum Gasteiger partial charge on any atom is -0.462 e. The van der Waals surface area contributed by atoms with Gasteiger partial charge in [-0.2, -0.15) is 0 Å². The Labute approximate surface area is 187 Å². The highest BCUT2D eigenvalue weighted by molar-refractivity contribution is 7.89. The fourth-order valence-corrected chi connectivity index (χ4v) is 4.57. The van der Waals surface area contributed by atoms with E-state index >= 15 is 0 Å². The Kier molecular flexibility index (Phi) is 8.89. The lowest BCUT2D eigenvalue weighted by atomic mass is 10.2. The quantitative estimate of drug-likeness (QED) is 0.359. The van der Waals surface area contributed by atoms with Gasteiger partial charge in [-0.15, -0.1) is 0 Å². The molecular formula is C20H24N2O8S2. The monoisotopic (exact) mass is 484 g/mol. The second kappa shape index (κ2) is 11.2. The largest absolute Gasteiger partial charge is 0.462 e. The molecular weight excluding hydrogens is 460 g/mol. The van der Waals surface area contributed by atoms with Gasteiger partial charge < -0.3 is 9.47 Å². The van der Waals surface area contributed by atoms with E-state index in [1.807, 2.05) is 0 Å². The Morgan fingerprint density at radius 3 is 1.25 bits per heavy atom. The van der Waals surface area contributed by atoms with Crippen LogP contribution in [0.25, 0.3) is 0 Å². The number of carbonyl (C=O) groups excluding carboxylic acids is 2. The van der Waals surface area contributed by atoms with Crippen LogP contribution >= 0.6 is 0 Å². The van der Waals surface area contributed by atoms with Crippen molar-refractivity contribution in [3.63, 3.8) is 0 Å². The van der Waals surface area contributed by atoms with Crippen LogP contribution in [0.2, 0.25) is 0 Å². The molecule has 0 aliphatic carbocycles. The van der Waals surface area contributed by atoms with Crippen molar-refractivity contribution in [2.75, 3.05) is 26.3 Å². The molecule has 0 unspecified atom stereocenters. The molecule has 12 heteroatoms. The number of hydrogen-bond acceptors (Lipinski definition) is 8. The van der Waals surface area contributed by atoms with Crippen LogP contribution < -0.4 is 9.44 Å². The Balaban J connectivity index is 1.92. The third-order valence-electron chi connectivity index (χ3n) is 4.06. The van der Waals surface area contributed by atoms with E-state index in [1.165, 1.54) is 48.5 Å². The molecule has 0 fully saturated rings. The first kappa shape index (κ1) is 25.5. The average Bonchev–Trinajstić information content (AvgIpc) is 2.77. The molecule has 0 aromatic heterocycles. The number of benzene rings is 2. The van der Waals surface area contributed by atoms with Gasteiger partial charge in [-0.3, -0.25) is 0 Å². The van der Waals surface area contributed by atoms with Gasteiger partial charge in [0.15, 0.2) is 0 Å². The molecule has 2 rings (SSSR count). The summed E-state index contributed by atoms with van der Waals surface area (Å²) in [4.78, 5) is 23.1. The molecule has 0 amide bonds. The van der Waals surface area contributed by atoms with Crippen molar-refractivity contribution in [1.29, 1.82) is 0 Å². The van der Waals surface area contributed by atoms with Crippen molar-refractivity contribution < 1.29 is 35.9 Å². The van der Waals surface area contributed by atoms with Crippen molar-refractivity contribution in [1.82, 2.24) is 9.44 Å². The molecule has 2 aromatic carbocycles. The maximum Gasteiger partial charge on any atom is 0.338 e. The molecule has 174 valence electrons. The number of hydrogen-bond donors (Lipinski definition) is 2. The van der Waals surface area contributed by atoms with Gasteiger partial charge in [0.25, 0.3) is 0 Å². The Morgan fingerprint density at radius 2 is 0.969 bits per heavy atom. The number of rotatable bonds is 11. The molecule has 0 bridgehead atoms. The highest BCUT2D eigenvalue weighted by atomic mass is 32.2. The summed E-state index contributed by atoms with van der Waals surface area (Å²) in [7, 11) is -7.81. The second-order valence-electron chi connectivity index (χ2n) is 6.29. The summed E-state index contributed by atoms with van der Waals surface area (Å²) in [6.07, 6.45) is 0. The summed E-state index contributed by atoms with van der Waals surface area (Å²) in [6.45, 7) is 3.31. The molecule has 0 saturated carbocycles. The standard InChI is InChI=1S/C20H24N2O8S2/c1-3-29-19(23)15-5-9-17(10-6-15)31(25,26)21-13-14-22-32(27,28)18-11-7-16(8-12-18)20(24)30-4-2/h5-12,21-22H,3-4,13-14H2,1-2H3. The van der Waals surface area contributed by atoms with Crippen LogP contribution in [0.1, 0.15) is 34.6 Å². The van der Waals surface area contributed by atoms with Crippen LogP contribution in [0.5, 0.6) is 0 Å². The van der Waals surface area contributed by atoms with Gasteiger partial charge >= 0.3 is 11.9 Å². The summed E-state index contributed by atoms with van der Waals surface area (Å²) >= 11 is 0. The number of ether oxygens (including phenoxy) is 2. The first-order chi connectivity index (χ1) is 15.1.